The van der Waals surface area contributed by atoms with Gasteiger partial charge in [-0.25, -0.2) is 0 Å². The van der Waals surface area contributed by atoms with E-state index in [4.69, 9.17) is 9.15 Å². The Labute approximate surface area is 208 Å². The molecule has 8 nitrogen and oxygen atoms in total. The molecular weight excluding hydrogens is 470 g/mol. The van der Waals surface area contributed by atoms with Crippen LogP contribution >= 0.6 is 0 Å². The van der Waals surface area contributed by atoms with Gasteiger partial charge in [0.1, 0.15) is 17.6 Å². The van der Waals surface area contributed by atoms with Crippen molar-refractivity contribution in [1.82, 2.24) is 9.47 Å². The van der Waals surface area contributed by atoms with Gasteiger partial charge in [0.2, 0.25) is 5.91 Å². The minimum atomic E-state index is -2.95. The summed E-state index contributed by atoms with van der Waals surface area (Å²) in [6, 6.07) is 10.8. The molecule has 2 heterocycles. The fourth-order valence-electron chi connectivity index (χ4n) is 4.23. The Balaban J connectivity index is 1.51. The van der Waals surface area contributed by atoms with Crippen LogP contribution in [-0.2, 0) is 17.9 Å². The number of carbonyl (C=O) groups excluding carboxylic acids is 1. The molecule has 0 aliphatic heterocycles. The van der Waals surface area contributed by atoms with Crippen molar-refractivity contribution in [2.24, 2.45) is 0 Å². The Morgan fingerprint density at radius 3 is 2.69 bits per heavy atom. The number of ether oxygens (including phenoxy) is 2. The van der Waals surface area contributed by atoms with Crippen molar-refractivity contribution in [2.45, 2.75) is 52.4 Å². The summed E-state index contributed by atoms with van der Waals surface area (Å²) in [6.07, 6.45) is 3.51. The molecule has 10 heteroatoms. The van der Waals surface area contributed by atoms with E-state index >= 15 is 0 Å². The highest BCUT2D eigenvalue weighted by Crippen LogP contribution is 2.33. The first-order chi connectivity index (χ1) is 17.3. The van der Waals surface area contributed by atoms with Crippen LogP contribution in [0, 0.1) is 25.2 Å². The Morgan fingerprint density at radius 1 is 1.31 bits per heavy atom. The topological polar surface area (TPSA) is 92.7 Å². The predicted octanol–water partition coefficient (Wildman–Crippen LogP) is 4.83. The molecule has 1 aliphatic carbocycles. The lowest BCUT2D eigenvalue weighted by atomic mass is 10.1. The third-order valence-electron chi connectivity index (χ3n) is 6.33. The van der Waals surface area contributed by atoms with Gasteiger partial charge in [0.15, 0.2) is 11.5 Å². The first kappa shape index (κ1) is 25.3. The highest BCUT2D eigenvalue weighted by molar-refractivity contribution is 5.93. The smallest absolute Gasteiger partial charge is 0.387 e. The number of nitrogens with zero attached hydrogens (tertiary/aromatic N) is 3. The van der Waals surface area contributed by atoms with Gasteiger partial charge >= 0.3 is 6.61 Å². The molecule has 4 rings (SSSR count). The minimum Gasteiger partial charge on any atom is -0.493 e. The van der Waals surface area contributed by atoms with E-state index in [0.29, 0.717) is 30.2 Å². The van der Waals surface area contributed by atoms with Crippen molar-refractivity contribution in [2.75, 3.05) is 19.0 Å². The largest absolute Gasteiger partial charge is 0.493 e. The first-order valence-corrected chi connectivity index (χ1v) is 11.6. The SMILES string of the molecule is COc1cc(CN(CC(=O)Nc2c(C#N)c(C)c(C)n2Cc2ccco2)C2CC2)ccc1OC(F)F. The van der Waals surface area contributed by atoms with Gasteiger partial charge in [0.25, 0.3) is 0 Å². The van der Waals surface area contributed by atoms with Crippen molar-refractivity contribution in [1.29, 1.82) is 5.26 Å². The predicted molar refractivity (Wildman–Crippen MR) is 128 cm³/mol. The van der Waals surface area contributed by atoms with Crippen LogP contribution in [-0.4, -0.2) is 41.7 Å². The molecule has 190 valence electrons. The fraction of sp³-hybridized carbons (Fsp3) is 0.385. The Kier molecular flexibility index (Phi) is 7.60. The number of nitrogens with one attached hydrogen (secondary N) is 1. The maximum absolute atomic E-state index is 13.2. The van der Waals surface area contributed by atoms with Crippen LogP contribution in [0.1, 0.15) is 41.0 Å². The molecule has 1 amide bonds. The first-order valence-electron chi connectivity index (χ1n) is 11.6. The van der Waals surface area contributed by atoms with Crippen molar-refractivity contribution < 1.29 is 27.5 Å². The van der Waals surface area contributed by atoms with Gasteiger partial charge in [0.05, 0.1) is 32.0 Å². The summed E-state index contributed by atoms with van der Waals surface area (Å²) in [5.41, 5.74) is 2.90. The molecular formula is C26H28F2N4O4. The van der Waals surface area contributed by atoms with E-state index in [1.54, 1.807) is 24.5 Å². The van der Waals surface area contributed by atoms with Crippen LogP contribution in [0.2, 0.25) is 0 Å². The number of hydrogen-bond acceptors (Lipinski definition) is 6. The summed E-state index contributed by atoms with van der Waals surface area (Å²) in [5, 5.41) is 12.7. The van der Waals surface area contributed by atoms with E-state index < -0.39 is 6.61 Å². The van der Waals surface area contributed by atoms with Crippen LogP contribution in [0.25, 0.3) is 0 Å². The summed E-state index contributed by atoms with van der Waals surface area (Å²) >= 11 is 0. The van der Waals surface area contributed by atoms with Crippen molar-refractivity contribution in [3.63, 3.8) is 0 Å². The summed E-state index contributed by atoms with van der Waals surface area (Å²) < 4.78 is 42.3. The molecule has 0 atom stereocenters. The Morgan fingerprint density at radius 2 is 2.08 bits per heavy atom. The molecule has 1 N–H and O–H groups in total. The number of halogens is 2. The summed E-state index contributed by atoms with van der Waals surface area (Å²) in [5.74, 6) is 1.06. The second-order valence-corrected chi connectivity index (χ2v) is 8.76. The summed E-state index contributed by atoms with van der Waals surface area (Å²) in [6.45, 7) is 1.73. The number of furan rings is 1. The Bertz CT molecular complexity index is 1260. The standard InChI is InChI=1S/C26H28F2N4O4/c1-16-17(2)32(14-20-5-4-10-35-20)25(21(16)12-29)30-24(33)15-31(19-7-8-19)13-18-6-9-22(36-26(27)28)23(11-18)34-3/h4-6,9-11,19,26H,7-8,13-15H2,1-3H3,(H,30,33). The third kappa shape index (κ3) is 5.69. The molecule has 0 radical (unpaired) electrons. The number of amides is 1. The summed E-state index contributed by atoms with van der Waals surface area (Å²) in [4.78, 5) is 15.2. The Hall–Kier alpha value is -3.84. The number of anilines is 1. The molecule has 1 aromatic carbocycles. The van der Waals surface area contributed by atoms with E-state index in [1.165, 1.54) is 13.2 Å². The number of methoxy groups -OCH3 is 1. The van der Waals surface area contributed by atoms with Gasteiger partial charge in [0, 0.05) is 18.3 Å². The average Bonchev–Trinajstić information content (AvgIpc) is 3.52. The van der Waals surface area contributed by atoms with Crippen molar-refractivity contribution in [3.05, 3.63) is 64.7 Å². The number of rotatable bonds is 11. The van der Waals surface area contributed by atoms with Gasteiger partial charge in [-0.2, -0.15) is 14.0 Å². The monoisotopic (exact) mass is 498 g/mol. The molecule has 1 fully saturated rings. The van der Waals surface area contributed by atoms with Gasteiger partial charge in [-0.3, -0.25) is 9.69 Å². The van der Waals surface area contributed by atoms with Gasteiger partial charge in [-0.05, 0) is 62.1 Å². The van der Waals surface area contributed by atoms with E-state index in [2.05, 4.69) is 16.1 Å². The number of benzene rings is 1. The van der Waals surface area contributed by atoms with Crippen LogP contribution < -0.4 is 14.8 Å². The van der Waals surface area contributed by atoms with E-state index in [9.17, 15) is 18.8 Å². The van der Waals surface area contributed by atoms with E-state index in [-0.39, 0.29) is 30.0 Å². The molecule has 1 saturated carbocycles. The van der Waals surface area contributed by atoms with Crippen LogP contribution in [0.15, 0.2) is 41.0 Å². The van der Waals surface area contributed by atoms with Gasteiger partial charge < -0.3 is 23.8 Å². The van der Waals surface area contributed by atoms with Crippen LogP contribution in [0.3, 0.4) is 0 Å². The fourth-order valence-corrected chi connectivity index (χ4v) is 4.23. The average molecular weight is 499 g/mol. The molecule has 3 aromatic rings. The molecule has 0 bridgehead atoms. The van der Waals surface area contributed by atoms with Crippen molar-refractivity contribution >= 4 is 11.7 Å². The summed E-state index contributed by atoms with van der Waals surface area (Å²) in [7, 11) is 1.39. The van der Waals surface area contributed by atoms with Crippen LogP contribution in [0.4, 0.5) is 14.6 Å². The molecule has 1 aliphatic rings. The molecule has 36 heavy (non-hydrogen) atoms. The molecule has 2 aromatic heterocycles. The quantitative estimate of drug-likeness (QED) is 0.407. The normalized spacial score (nSPS) is 13.2. The highest BCUT2D eigenvalue weighted by atomic mass is 19.3. The second kappa shape index (κ2) is 10.8. The van der Waals surface area contributed by atoms with Crippen molar-refractivity contribution in [3.8, 4) is 17.6 Å². The number of aromatic nitrogens is 1. The van der Waals surface area contributed by atoms with Gasteiger partial charge in [-0.15, -0.1) is 0 Å². The third-order valence-corrected chi connectivity index (χ3v) is 6.33. The number of hydrogen-bond donors (Lipinski definition) is 1. The highest BCUT2D eigenvalue weighted by Gasteiger charge is 2.31. The number of carbonyl (C=O) groups is 1. The molecule has 0 unspecified atom stereocenters. The number of alkyl halides is 2. The maximum atomic E-state index is 13.2. The zero-order chi connectivity index (χ0) is 25.8. The maximum Gasteiger partial charge on any atom is 0.387 e. The zero-order valence-corrected chi connectivity index (χ0v) is 20.4. The zero-order valence-electron chi connectivity index (χ0n) is 20.4. The lowest BCUT2D eigenvalue weighted by Gasteiger charge is -2.22. The molecule has 0 saturated heterocycles. The second-order valence-electron chi connectivity index (χ2n) is 8.76. The molecule has 0 spiro atoms. The van der Waals surface area contributed by atoms with E-state index in [1.807, 2.05) is 29.4 Å². The number of nitriles is 1. The van der Waals surface area contributed by atoms with E-state index in [0.717, 1.165) is 29.7 Å². The lowest BCUT2D eigenvalue weighted by molar-refractivity contribution is -0.117. The minimum absolute atomic E-state index is 0.0425. The van der Waals surface area contributed by atoms with Gasteiger partial charge in [-0.1, -0.05) is 6.07 Å². The lowest BCUT2D eigenvalue weighted by Crippen LogP contribution is -2.35. The van der Waals surface area contributed by atoms with Crippen LogP contribution in [0.5, 0.6) is 11.5 Å².